The van der Waals surface area contributed by atoms with Crippen molar-refractivity contribution in [2.45, 2.75) is 25.7 Å². The Bertz CT molecular complexity index is 901. The van der Waals surface area contributed by atoms with Gasteiger partial charge in [0.05, 0.1) is 18.1 Å². The average molecular weight is 381 g/mol. The lowest BCUT2D eigenvalue weighted by atomic mass is 10.1. The molecule has 1 aromatic heterocycles. The fraction of sp³-hybridized carbons (Fsp3) is 0.294. The van der Waals surface area contributed by atoms with Crippen molar-refractivity contribution >= 4 is 27.8 Å². The van der Waals surface area contributed by atoms with Crippen LogP contribution in [-0.2, 0) is 19.5 Å². The first-order valence-electron chi connectivity index (χ1n) is 7.87. The van der Waals surface area contributed by atoms with Gasteiger partial charge in [0.15, 0.2) is 0 Å². The second-order valence-electron chi connectivity index (χ2n) is 5.10. The minimum Gasteiger partial charge on any atom is -0.462 e. The van der Waals surface area contributed by atoms with Crippen LogP contribution in [0.15, 0.2) is 39.6 Å². The van der Waals surface area contributed by atoms with Crippen LogP contribution in [0, 0.1) is 6.92 Å². The van der Waals surface area contributed by atoms with Crippen LogP contribution in [0.2, 0.25) is 0 Å². The van der Waals surface area contributed by atoms with E-state index in [9.17, 15) is 18.0 Å². The third kappa shape index (κ3) is 4.05. The summed E-state index contributed by atoms with van der Waals surface area (Å²) in [6.45, 7) is 4.74. The van der Waals surface area contributed by atoms with Gasteiger partial charge in [-0.3, -0.25) is 0 Å². The van der Waals surface area contributed by atoms with Crippen molar-refractivity contribution in [1.82, 2.24) is 0 Å². The molecule has 0 amide bonds. The van der Waals surface area contributed by atoms with Crippen molar-refractivity contribution in [3.8, 4) is 0 Å². The normalized spacial score (nSPS) is 11.0. The van der Waals surface area contributed by atoms with Gasteiger partial charge in [0.1, 0.15) is 16.9 Å². The highest BCUT2D eigenvalue weighted by Crippen LogP contribution is 2.30. The predicted molar refractivity (Wildman–Crippen MR) is 92.6 cm³/mol. The van der Waals surface area contributed by atoms with Crippen molar-refractivity contribution in [3.63, 3.8) is 0 Å². The van der Waals surface area contributed by atoms with E-state index in [1.165, 1.54) is 19.1 Å². The molecule has 0 unspecified atom stereocenters. The molecule has 26 heavy (non-hydrogen) atoms. The van der Waals surface area contributed by atoms with E-state index in [1.54, 1.807) is 32.0 Å². The summed E-state index contributed by atoms with van der Waals surface area (Å²) in [4.78, 5) is 24.5. The summed E-state index contributed by atoms with van der Waals surface area (Å²) in [5.74, 6) is -2.05. The number of hydrogen-bond acceptors (Lipinski definition) is 7. The number of aryl methyl sites for hydroxylation is 1. The molecule has 140 valence electrons. The van der Waals surface area contributed by atoms with Gasteiger partial charge in [-0.05, 0) is 32.9 Å². The summed E-state index contributed by atoms with van der Waals surface area (Å²) < 4.78 is 42.4. The number of nitrogens with one attached hydrogen (secondary N) is 1. The first-order valence-corrected chi connectivity index (χ1v) is 9.35. The first kappa shape index (κ1) is 19.5. The van der Waals surface area contributed by atoms with E-state index >= 15 is 0 Å². The first-order chi connectivity index (χ1) is 12.3. The van der Waals surface area contributed by atoms with E-state index < -0.39 is 27.8 Å². The molecule has 0 aliphatic heterocycles. The summed E-state index contributed by atoms with van der Waals surface area (Å²) in [5.41, 5.74) is -0.488. The van der Waals surface area contributed by atoms with Crippen LogP contribution >= 0.6 is 0 Å². The zero-order valence-corrected chi connectivity index (χ0v) is 15.4. The van der Waals surface area contributed by atoms with Gasteiger partial charge in [-0.2, -0.15) is 0 Å². The second-order valence-corrected chi connectivity index (χ2v) is 6.78. The summed E-state index contributed by atoms with van der Waals surface area (Å²) in [7, 11) is -4.03. The number of carbonyl (C=O) groups excluding carboxylic acids is 2. The maximum atomic E-state index is 12.5. The molecular weight excluding hydrogens is 362 g/mol. The number of esters is 2. The van der Waals surface area contributed by atoms with Gasteiger partial charge in [-0.1, -0.05) is 18.2 Å². The maximum absolute atomic E-state index is 12.5. The Kier molecular flexibility index (Phi) is 6.04. The summed E-state index contributed by atoms with van der Waals surface area (Å²) in [5, 5.41) is 0. The Morgan fingerprint density at radius 2 is 1.54 bits per heavy atom. The predicted octanol–water partition coefficient (Wildman–Crippen LogP) is 2.74. The van der Waals surface area contributed by atoms with Crippen LogP contribution in [0.1, 0.15) is 40.3 Å². The standard InChI is InChI=1S/C17H19NO7S/c1-4-23-16(19)13-11(3)25-15(14(13)17(20)24-5-2)18-26(21,22)12-9-7-6-8-10-12/h6-10,18H,4-5H2,1-3H3. The largest absolute Gasteiger partial charge is 0.462 e. The van der Waals surface area contributed by atoms with Gasteiger partial charge in [-0.15, -0.1) is 0 Å². The van der Waals surface area contributed by atoms with Crippen LogP contribution in [0.4, 0.5) is 5.88 Å². The molecule has 2 rings (SSSR count). The van der Waals surface area contributed by atoms with E-state index in [1.807, 2.05) is 0 Å². The number of anilines is 1. The Balaban J connectivity index is 2.53. The van der Waals surface area contributed by atoms with Crippen LogP contribution in [0.3, 0.4) is 0 Å². The summed E-state index contributed by atoms with van der Waals surface area (Å²) in [6, 6.07) is 7.54. The van der Waals surface area contributed by atoms with Crippen LogP contribution < -0.4 is 4.72 Å². The van der Waals surface area contributed by atoms with Gasteiger partial charge >= 0.3 is 11.9 Å². The number of hydrogen-bond donors (Lipinski definition) is 1. The maximum Gasteiger partial charge on any atom is 0.344 e. The summed E-state index contributed by atoms with van der Waals surface area (Å²) >= 11 is 0. The smallest absolute Gasteiger partial charge is 0.344 e. The van der Waals surface area contributed by atoms with Crippen LogP contribution in [0.5, 0.6) is 0 Å². The Morgan fingerprint density at radius 1 is 1.00 bits per heavy atom. The van der Waals surface area contributed by atoms with Crippen molar-refractivity contribution < 1.29 is 31.9 Å². The highest BCUT2D eigenvalue weighted by molar-refractivity contribution is 7.92. The highest BCUT2D eigenvalue weighted by Gasteiger charge is 2.32. The highest BCUT2D eigenvalue weighted by atomic mass is 32.2. The van der Waals surface area contributed by atoms with Crippen molar-refractivity contribution in [2.24, 2.45) is 0 Å². The van der Waals surface area contributed by atoms with Gasteiger partial charge in [-0.25, -0.2) is 22.7 Å². The van der Waals surface area contributed by atoms with Crippen molar-refractivity contribution in [3.05, 3.63) is 47.2 Å². The minimum atomic E-state index is -4.03. The van der Waals surface area contributed by atoms with Gasteiger partial charge in [0.2, 0.25) is 5.88 Å². The molecule has 0 aliphatic carbocycles. The molecule has 1 aromatic carbocycles. The summed E-state index contributed by atoms with van der Waals surface area (Å²) in [6.07, 6.45) is 0. The quantitative estimate of drug-likeness (QED) is 0.734. The number of carbonyl (C=O) groups is 2. The molecule has 0 bridgehead atoms. The molecule has 0 aliphatic rings. The zero-order valence-electron chi connectivity index (χ0n) is 14.6. The zero-order chi connectivity index (χ0) is 19.3. The Labute approximate surface area is 151 Å². The van der Waals surface area contributed by atoms with Gasteiger partial charge < -0.3 is 13.9 Å². The molecule has 0 fully saturated rings. The molecule has 0 saturated heterocycles. The average Bonchev–Trinajstić information content (AvgIpc) is 2.91. The van der Waals surface area contributed by atoms with E-state index in [2.05, 4.69) is 4.72 Å². The fourth-order valence-electron chi connectivity index (χ4n) is 2.24. The number of benzene rings is 1. The van der Waals surface area contributed by atoms with Crippen LogP contribution in [0.25, 0.3) is 0 Å². The Hall–Kier alpha value is -2.81. The Morgan fingerprint density at radius 3 is 2.08 bits per heavy atom. The second kappa shape index (κ2) is 8.05. The van der Waals surface area contributed by atoms with Gasteiger partial charge in [0, 0.05) is 0 Å². The third-order valence-corrected chi connectivity index (χ3v) is 4.67. The molecule has 9 heteroatoms. The molecule has 0 saturated carbocycles. The molecule has 0 atom stereocenters. The monoisotopic (exact) mass is 381 g/mol. The van der Waals surface area contributed by atoms with E-state index in [0.29, 0.717) is 0 Å². The molecule has 8 nitrogen and oxygen atoms in total. The molecular formula is C17H19NO7S. The SMILES string of the molecule is CCOC(=O)c1c(C)oc(NS(=O)(=O)c2ccccc2)c1C(=O)OCC. The number of ether oxygens (including phenoxy) is 2. The van der Waals surface area contributed by atoms with Crippen molar-refractivity contribution in [2.75, 3.05) is 17.9 Å². The fourth-order valence-corrected chi connectivity index (χ4v) is 3.27. The molecule has 1 heterocycles. The molecule has 0 radical (unpaired) electrons. The van der Waals surface area contributed by atoms with E-state index in [4.69, 9.17) is 13.9 Å². The molecule has 0 spiro atoms. The lowest BCUT2D eigenvalue weighted by Gasteiger charge is -2.08. The van der Waals surface area contributed by atoms with Crippen LogP contribution in [-0.4, -0.2) is 33.6 Å². The third-order valence-electron chi connectivity index (χ3n) is 3.32. The molecule has 1 N–H and O–H groups in total. The number of rotatable bonds is 7. The number of sulfonamides is 1. The van der Waals surface area contributed by atoms with E-state index in [0.717, 1.165) is 0 Å². The van der Waals surface area contributed by atoms with E-state index in [-0.39, 0.29) is 35.0 Å². The number of furan rings is 1. The lowest BCUT2D eigenvalue weighted by molar-refractivity contribution is 0.0480. The van der Waals surface area contributed by atoms with Gasteiger partial charge in [0.25, 0.3) is 10.0 Å². The molecule has 2 aromatic rings. The minimum absolute atomic E-state index is 0.0263. The lowest BCUT2D eigenvalue weighted by Crippen LogP contribution is -2.18. The van der Waals surface area contributed by atoms with Crippen molar-refractivity contribution in [1.29, 1.82) is 0 Å². The topological polar surface area (TPSA) is 112 Å².